The minimum absolute atomic E-state index is 0. The van der Waals surface area contributed by atoms with Gasteiger partial charge in [0.05, 0.1) is 0 Å². The monoisotopic (exact) mass is 285 g/mol. The Labute approximate surface area is 51.7 Å². The Morgan fingerprint density at radius 3 is 1.00 bits per heavy atom. The van der Waals surface area contributed by atoms with Crippen LogP contribution in [0.2, 0.25) is 0 Å². The van der Waals surface area contributed by atoms with Gasteiger partial charge in [0.15, 0.2) is 0 Å². The Morgan fingerprint density at radius 2 is 1.00 bits per heavy atom. The van der Waals surface area contributed by atoms with Gasteiger partial charge >= 0.3 is 0 Å². The number of hydrogen-bond donors (Lipinski definition) is 0. The van der Waals surface area contributed by atoms with Crippen LogP contribution in [-0.2, 0) is 20.1 Å². The minimum Gasteiger partial charge on any atom is -0.444 e. The second-order valence-corrected chi connectivity index (χ2v) is 0.149. The summed E-state index contributed by atoms with van der Waals surface area (Å²) in [4.78, 5) is 16.0. The Hall–Kier alpha value is -0.551. The van der Waals surface area contributed by atoms with Crippen LogP contribution in [0.15, 0.2) is 10.7 Å². The SMILES string of the molecule is O=N[O-].O=N[O-].[Ir]. The van der Waals surface area contributed by atoms with E-state index in [9.17, 15) is 0 Å². The van der Waals surface area contributed by atoms with E-state index in [1.54, 1.807) is 0 Å². The molecule has 0 amide bonds. The largest absolute Gasteiger partial charge is 0.444 e. The van der Waals surface area contributed by atoms with Gasteiger partial charge in [0.2, 0.25) is 0 Å². The fourth-order valence-electron chi connectivity index (χ4n) is 0. The van der Waals surface area contributed by atoms with Crippen LogP contribution in [0, 0.1) is 20.2 Å². The van der Waals surface area contributed by atoms with Crippen molar-refractivity contribution in [1.29, 1.82) is 0 Å². The zero-order valence-corrected chi connectivity index (χ0v) is 5.26. The molecule has 7 heavy (non-hydrogen) atoms. The predicted molar refractivity (Wildman–Crippen MR) is 18.3 cm³/mol. The second kappa shape index (κ2) is 51.4. The smallest absolute Gasteiger partial charge is 0 e. The van der Waals surface area contributed by atoms with Crippen LogP contribution in [0.4, 0.5) is 0 Å². The molecule has 7 heteroatoms. The molecule has 0 heterocycles. The van der Waals surface area contributed by atoms with Gasteiger partial charge < -0.3 is 20.2 Å². The molecule has 0 bridgehead atoms. The fourth-order valence-corrected chi connectivity index (χ4v) is 0. The standard InChI is InChI=1S/Ir.2HNO2/c;2*2-1-3/h;2*(H,2,3)/p-2. The van der Waals surface area contributed by atoms with Gasteiger partial charge in [-0.2, -0.15) is 0 Å². The van der Waals surface area contributed by atoms with Crippen molar-refractivity contribution < 1.29 is 20.1 Å². The number of nitrogens with zero attached hydrogens (tertiary/aromatic N) is 2. The summed E-state index contributed by atoms with van der Waals surface area (Å²) < 4.78 is 0. The summed E-state index contributed by atoms with van der Waals surface area (Å²) in [6, 6.07) is 0. The maximum Gasteiger partial charge on any atom is 0 e. The van der Waals surface area contributed by atoms with Crippen LogP contribution >= 0.6 is 0 Å². The van der Waals surface area contributed by atoms with E-state index in [1.807, 2.05) is 0 Å². The molecular weight excluding hydrogens is 284 g/mol. The van der Waals surface area contributed by atoms with Crippen LogP contribution < -0.4 is 0 Å². The summed E-state index contributed by atoms with van der Waals surface area (Å²) in [5.41, 5.74) is 0. The summed E-state index contributed by atoms with van der Waals surface area (Å²) in [7, 11) is 0. The molecule has 0 aliphatic carbocycles. The third-order valence-corrected chi connectivity index (χ3v) is 0. The molecule has 0 unspecified atom stereocenters. The van der Waals surface area contributed by atoms with Gasteiger partial charge in [0, 0.05) is 20.1 Å². The van der Waals surface area contributed by atoms with E-state index < -0.39 is 0 Å². The van der Waals surface area contributed by atoms with Gasteiger partial charge in [0.1, 0.15) is 0 Å². The number of rotatable bonds is 0. The predicted octanol–water partition coefficient (Wildman–Crippen LogP) is 0.499. The molecule has 0 spiro atoms. The third kappa shape index (κ3) is 214. The second-order valence-electron chi connectivity index (χ2n) is 0.149. The van der Waals surface area contributed by atoms with Crippen molar-refractivity contribution in [3.05, 3.63) is 20.2 Å². The summed E-state index contributed by atoms with van der Waals surface area (Å²) in [5.74, 6) is 0. The van der Waals surface area contributed by atoms with Gasteiger partial charge in [-0.15, -0.1) is 10.7 Å². The van der Waals surface area contributed by atoms with Crippen LogP contribution in [0.3, 0.4) is 0 Å². The quantitative estimate of drug-likeness (QED) is 0.477. The van der Waals surface area contributed by atoms with E-state index >= 15 is 0 Å². The van der Waals surface area contributed by atoms with E-state index in [0.29, 0.717) is 0 Å². The molecule has 0 rings (SSSR count). The average Bonchev–Trinajstić information content (AvgIpc) is 1.39. The molecule has 0 saturated carbocycles. The first-order valence-corrected chi connectivity index (χ1v) is 0.730. The van der Waals surface area contributed by atoms with Gasteiger partial charge in [0.25, 0.3) is 0 Å². The van der Waals surface area contributed by atoms with Gasteiger partial charge in [-0.3, -0.25) is 0 Å². The topological polar surface area (TPSA) is 105 Å². The zero-order chi connectivity index (χ0) is 5.41. The molecule has 0 aromatic heterocycles. The molecule has 0 aliphatic rings. The Bertz CT molecular complexity index is 30.7. The first-order valence-electron chi connectivity index (χ1n) is 0.730. The molecule has 0 fully saturated rings. The molecule has 0 saturated heterocycles. The first-order chi connectivity index (χ1) is 2.83. The van der Waals surface area contributed by atoms with E-state index in [4.69, 9.17) is 20.2 Å². The van der Waals surface area contributed by atoms with E-state index in [-0.39, 0.29) is 20.1 Å². The summed E-state index contributed by atoms with van der Waals surface area (Å²) in [6.45, 7) is 0. The molecule has 0 atom stereocenters. The van der Waals surface area contributed by atoms with E-state index in [0.717, 1.165) is 10.7 Å². The first kappa shape index (κ1) is 16.1. The molecule has 1 radical (unpaired) electrons. The summed E-state index contributed by atoms with van der Waals surface area (Å²) in [6.07, 6.45) is 0. The minimum atomic E-state index is 0. The van der Waals surface area contributed by atoms with Gasteiger partial charge in [-0.25, -0.2) is 0 Å². The van der Waals surface area contributed by atoms with Crippen molar-refractivity contribution in [3.63, 3.8) is 0 Å². The van der Waals surface area contributed by atoms with Crippen molar-refractivity contribution in [1.82, 2.24) is 0 Å². The van der Waals surface area contributed by atoms with Crippen molar-refractivity contribution in [2.45, 2.75) is 0 Å². The van der Waals surface area contributed by atoms with Crippen molar-refractivity contribution in [2.75, 3.05) is 0 Å². The molecule has 45 valence electrons. The van der Waals surface area contributed by atoms with Crippen molar-refractivity contribution >= 4 is 0 Å². The molecule has 0 aromatic carbocycles. The molecule has 0 aromatic rings. The average molecular weight is 284 g/mol. The number of hydrogen-bond acceptors (Lipinski definition) is 6. The van der Waals surface area contributed by atoms with Crippen LogP contribution in [0.25, 0.3) is 0 Å². The van der Waals surface area contributed by atoms with Crippen molar-refractivity contribution in [2.24, 2.45) is 10.7 Å². The Balaban J connectivity index is -0.0000000400. The van der Waals surface area contributed by atoms with Crippen LogP contribution in [0.5, 0.6) is 0 Å². The van der Waals surface area contributed by atoms with Gasteiger partial charge in [-0.05, 0) is 0 Å². The maximum absolute atomic E-state index is 8.00. The van der Waals surface area contributed by atoms with Crippen LogP contribution in [-0.4, -0.2) is 0 Å². The van der Waals surface area contributed by atoms with E-state index in [1.165, 1.54) is 0 Å². The van der Waals surface area contributed by atoms with Gasteiger partial charge in [-0.1, -0.05) is 0 Å². The Morgan fingerprint density at radius 1 is 1.00 bits per heavy atom. The Kier molecular flexibility index (Phi) is 118. The van der Waals surface area contributed by atoms with Crippen molar-refractivity contribution in [3.8, 4) is 0 Å². The molecular formula is IrN2O4-2. The molecule has 0 aliphatic heterocycles. The maximum atomic E-state index is 8.00. The molecule has 0 N–H and O–H groups in total. The third-order valence-electron chi connectivity index (χ3n) is 0. The zero-order valence-electron chi connectivity index (χ0n) is 2.86. The summed E-state index contributed by atoms with van der Waals surface area (Å²) >= 11 is 0. The normalized spacial score (nSPS) is 3.43. The van der Waals surface area contributed by atoms with E-state index in [2.05, 4.69) is 0 Å². The summed E-state index contributed by atoms with van der Waals surface area (Å²) in [5, 5.41) is 18.0. The fraction of sp³-hybridized carbons (Fsp3) is 0. The van der Waals surface area contributed by atoms with Crippen LogP contribution in [0.1, 0.15) is 0 Å². The molecule has 6 nitrogen and oxygen atoms in total.